The Balaban J connectivity index is 2.48. The minimum absolute atomic E-state index is 0.00477. The summed E-state index contributed by atoms with van der Waals surface area (Å²) in [6.45, 7) is 10.00. The molecular weight excluding hydrogens is 266 g/mol. The molecule has 0 spiro atoms. The first-order chi connectivity index (χ1) is 9.86. The molecule has 3 atom stereocenters. The molecule has 1 heterocycles. The van der Waals surface area contributed by atoms with Gasteiger partial charge in [0.1, 0.15) is 0 Å². The Hall–Kier alpha value is -1.10. The van der Waals surface area contributed by atoms with Crippen LogP contribution in [0.5, 0.6) is 0 Å². The van der Waals surface area contributed by atoms with Crippen molar-refractivity contribution in [3.63, 3.8) is 0 Å². The molecule has 0 bridgehead atoms. The molecule has 0 saturated carbocycles. The van der Waals surface area contributed by atoms with E-state index in [-0.39, 0.29) is 23.7 Å². The van der Waals surface area contributed by atoms with Crippen molar-refractivity contribution in [1.82, 2.24) is 10.2 Å². The fourth-order valence-corrected chi connectivity index (χ4v) is 2.59. The highest BCUT2D eigenvalue weighted by atomic mass is 16.2. The van der Waals surface area contributed by atoms with Crippen LogP contribution < -0.4 is 11.1 Å². The molecule has 0 aliphatic carbocycles. The lowest BCUT2D eigenvalue weighted by atomic mass is 9.94. The lowest BCUT2D eigenvalue weighted by Gasteiger charge is -2.35. The predicted octanol–water partition coefficient (Wildman–Crippen LogP) is 1.37. The van der Waals surface area contributed by atoms with Crippen LogP contribution >= 0.6 is 0 Å². The average molecular weight is 297 g/mol. The summed E-state index contributed by atoms with van der Waals surface area (Å²) in [4.78, 5) is 25.9. The molecule has 1 aliphatic heterocycles. The van der Waals surface area contributed by atoms with E-state index in [2.05, 4.69) is 12.2 Å². The number of nitrogens with two attached hydrogens (primary N) is 1. The second-order valence-corrected chi connectivity index (χ2v) is 6.60. The van der Waals surface area contributed by atoms with Crippen molar-refractivity contribution in [3.05, 3.63) is 0 Å². The van der Waals surface area contributed by atoms with Gasteiger partial charge in [0.05, 0.1) is 6.04 Å². The summed E-state index contributed by atoms with van der Waals surface area (Å²) in [6, 6.07) is -0.404. The zero-order valence-corrected chi connectivity index (χ0v) is 13.9. The van der Waals surface area contributed by atoms with E-state index in [4.69, 9.17) is 5.73 Å². The van der Waals surface area contributed by atoms with Crippen molar-refractivity contribution >= 4 is 11.8 Å². The van der Waals surface area contributed by atoms with Crippen molar-refractivity contribution in [2.45, 2.75) is 53.0 Å². The lowest BCUT2D eigenvalue weighted by molar-refractivity contribution is -0.135. The van der Waals surface area contributed by atoms with E-state index < -0.39 is 6.04 Å². The number of carbonyl (C=O) groups is 2. The molecule has 3 unspecified atom stereocenters. The number of hydrogen-bond donors (Lipinski definition) is 2. The smallest absolute Gasteiger partial charge is 0.239 e. The van der Waals surface area contributed by atoms with Gasteiger partial charge in [-0.3, -0.25) is 9.59 Å². The molecule has 0 aromatic heterocycles. The maximum atomic E-state index is 12.4. The van der Waals surface area contributed by atoms with Crippen LogP contribution in [0.4, 0.5) is 0 Å². The number of nitrogens with one attached hydrogen (secondary N) is 1. The van der Waals surface area contributed by atoms with Crippen LogP contribution in [0.2, 0.25) is 0 Å². The molecule has 0 aromatic carbocycles. The third-order valence-corrected chi connectivity index (χ3v) is 4.46. The molecule has 1 aliphatic rings. The van der Waals surface area contributed by atoms with Crippen LogP contribution in [-0.2, 0) is 9.59 Å². The van der Waals surface area contributed by atoms with Gasteiger partial charge in [0.15, 0.2) is 0 Å². The number of amides is 2. The van der Waals surface area contributed by atoms with Crippen LogP contribution in [0, 0.1) is 17.8 Å². The van der Waals surface area contributed by atoms with Crippen LogP contribution in [0.25, 0.3) is 0 Å². The van der Waals surface area contributed by atoms with E-state index in [9.17, 15) is 9.59 Å². The highest BCUT2D eigenvalue weighted by Gasteiger charge is 2.29. The van der Waals surface area contributed by atoms with Crippen molar-refractivity contribution < 1.29 is 9.59 Å². The van der Waals surface area contributed by atoms with Crippen LogP contribution in [0.15, 0.2) is 0 Å². The van der Waals surface area contributed by atoms with Crippen molar-refractivity contribution in [2.75, 3.05) is 19.6 Å². The third-order valence-electron chi connectivity index (χ3n) is 4.46. The maximum Gasteiger partial charge on any atom is 0.239 e. The predicted molar refractivity (Wildman–Crippen MR) is 84.6 cm³/mol. The fraction of sp³-hybridized carbons (Fsp3) is 0.875. The zero-order chi connectivity index (χ0) is 16.0. The van der Waals surface area contributed by atoms with Crippen molar-refractivity contribution in [3.8, 4) is 0 Å². The summed E-state index contributed by atoms with van der Waals surface area (Å²) in [5.41, 5.74) is 6.05. The Kier molecular flexibility index (Phi) is 7.15. The molecule has 5 heteroatoms. The Morgan fingerprint density at radius 3 is 2.57 bits per heavy atom. The van der Waals surface area contributed by atoms with Crippen molar-refractivity contribution in [2.24, 2.45) is 23.5 Å². The standard InChI is InChI=1S/C16H31N3O2/c1-5-12(4)14(17)16(21)19-8-6-7-13(10-19)9-18-15(20)11(2)3/h11-14H,5-10,17H2,1-4H3,(H,18,20). The monoisotopic (exact) mass is 297 g/mol. The second-order valence-electron chi connectivity index (χ2n) is 6.60. The molecule has 0 aromatic rings. The van der Waals surface area contributed by atoms with Crippen LogP contribution in [-0.4, -0.2) is 42.4 Å². The zero-order valence-electron chi connectivity index (χ0n) is 13.9. The van der Waals surface area contributed by atoms with Gasteiger partial charge in [-0.2, -0.15) is 0 Å². The Labute approximate surface area is 128 Å². The van der Waals surface area contributed by atoms with E-state index in [0.29, 0.717) is 19.0 Å². The highest BCUT2D eigenvalue weighted by Crippen LogP contribution is 2.18. The molecule has 1 fully saturated rings. The molecule has 5 nitrogen and oxygen atoms in total. The van der Waals surface area contributed by atoms with E-state index in [1.54, 1.807) is 0 Å². The Bertz CT molecular complexity index is 357. The fourth-order valence-electron chi connectivity index (χ4n) is 2.59. The highest BCUT2D eigenvalue weighted by molar-refractivity contribution is 5.82. The van der Waals surface area contributed by atoms with E-state index in [1.165, 1.54) is 0 Å². The molecule has 1 saturated heterocycles. The van der Waals surface area contributed by atoms with Crippen LogP contribution in [0.3, 0.4) is 0 Å². The lowest BCUT2D eigenvalue weighted by Crippen LogP contribution is -2.51. The number of piperidine rings is 1. The van der Waals surface area contributed by atoms with Gasteiger partial charge in [-0.05, 0) is 24.7 Å². The largest absolute Gasteiger partial charge is 0.356 e. The first kappa shape index (κ1) is 18.0. The second kappa shape index (κ2) is 8.37. The summed E-state index contributed by atoms with van der Waals surface area (Å²) in [6.07, 6.45) is 2.95. The van der Waals surface area contributed by atoms with E-state index >= 15 is 0 Å². The molecule has 0 radical (unpaired) electrons. The van der Waals surface area contributed by atoms with Gasteiger partial charge in [0, 0.05) is 25.6 Å². The van der Waals surface area contributed by atoms with Gasteiger partial charge in [0.25, 0.3) is 0 Å². The maximum absolute atomic E-state index is 12.4. The molecule has 21 heavy (non-hydrogen) atoms. The van der Waals surface area contributed by atoms with Gasteiger partial charge >= 0.3 is 0 Å². The summed E-state index contributed by atoms with van der Waals surface area (Å²) >= 11 is 0. The summed E-state index contributed by atoms with van der Waals surface area (Å²) in [7, 11) is 0. The number of hydrogen-bond acceptors (Lipinski definition) is 3. The van der Waals surface area contributed by atoms with Gasteiger partial charge in [-0.1, -0.05) is 34.1 Å². The average Bonchev–Trinajstić information content (AvgIpc) is 2.50. The number of nitrogens with zero attached hydrogens (tertiary/aromatic N) is 1. The summed E-state index contributed by atoms with van der Waals surface area (Å²) in [5.74, 6) is 0.692. The third kappa shape index (κ3) is 5.30. The topological polar surface area (TPSA) is 75.4 Å². The van der Waals surface area contributed by atoms with E-state index in [1.807, 2.05) is 25.7 Å². The van der Waals surface area contributed by atoms with Gasteiger partial charge in [-0.25, -0.2) is 0 Å². The van der Waals surface area contributed by atoms with Crippen LogP contribution in [0.1, 0.15) is 47.0 Å². The number of carbonyl (C=O) groups excluding carboxylic acids is 2. The summed E-state index contributed by atoms with van der Waals surface area (Å²) < 4.78 is 0. The minimum Gasteiger partial charge on any atom is -0.356 e. The molecule has 3 N–H and O–H groups in total. The van der Waals surface area contributed by atoms with Gasteiger partial charge in [-0.15, -0.1) is 0 Å². The molecule has 1 rings (SSSR count). The first-order valence-corrected chi connectivity index (χ1v) is 8.18. The number of rotatable bonds is 6. The first-order valence-electron chi connectivity index (χ1n) is 8.18. The Morgan fingerprint density at radius 2 is 2.00 bits per heavy atom. The van der Waals surface area contributed by atoms with Crippen molar-refractivity contribution in [1.29, 1.82) is 0 Å². The minimum atomic E-state index is -0.404. The molecule has 122 valence electrons. The molecule has 2 amide bonds. The SMILES string of the molecule is CCC(C)C(N)C(=O)N1CCCC(CNC(=O)C(C)C)C1. The normalized spacial score (nSPS) is 22.0. The number of likely N-dealkylation sites (tertiary alicyclic amines) is 1. The van der Waals surface area contributed by atoms with Gasteiger partial charge < -0.3 is 16.0 Å². The Morgan fingerprint density at radius 1 is 1.33 bits per heavy atom. The van der Waals surface area contributed by atoms with E-state index in [0.717, 1.165) is 25.8 Å². The van der Waals surface area contributed by atoms with Gasteiger partial charge in [0.2, 0.25) is 11.8 Å². The molecular formula is C16H31N3O2. The summed E-state index contributed by atoms with van der Waals surface area (Å²) in [5, 5.41) is 2.97. The quantitative estimate of drug-likeness (QED) is 0.777.